The van der Waals surface area contributed by atoms with Crippen LogP contribution in [0.4, 0.5) is 9.93 Å². The van der Waals surface area contributed by atoms with E-state index in [0.29, 0.717) is 5.13 Å². The molecule has 1 aromatic heterocycles. The number of aromatic nitrogens is 1. The average molecular weight is 207 g/mol. The molecule has 0 atom stereocenters. The maximum absolute atomic E-state index is 10.6. The largest absolute Gasteiger partial charge is 0.351 e. The molecule has 5 heteroatoms. The zero-order chi connectivity index (χ0) is 10.1. The summed E-state index contributed by atoms with van der Waals surface area (Å²) in [6.07, 6.45) is 0. The molecule has 0 aliphatic heterocycles. The van der Waals surface area contributed by atoms with E-state index in [1.54, 1.807) is 0 Å². The number of carbonyl (C=O) groups is 1. The van der Waals surface area contributed by atoms with Gasteiger partial charge in [-0.3, -0.25) is 5.32 Å². The van der Waals surface area contributed by atoms with E-state index in [-0.39, 0.29) is 0 Å². The Morgan fingerprint density at radius 3 is 3.00 bits per heavy atom. The molecule has 1 heterocycles. The highest BCUT2D eigenvalue weighted by atomic mass is 32.1. The van der Waals surface area contributed by atoms with E-state index >= 15 is 0 Å². The van der Waals surface area contributed by atoms with Crippen LogP contribution in [0.25, 0.3) is 10.2 Å². The van der Waals surface area contributed by atoms with E-state index in [1.807, 2.05) is 25.1 Å². The van der Waals surface area contributed by atoms with Crippen LogP contribution in [-0.2, 0) is 0 Å². The third-order valence-electron chi connectivity index (χ3n) is 1.85. The fourth-order valence-corrected chi connectivity index (χ4v) is 2.19. The van der Waals surface area contributed by atoms with Crippen LogP contribution in [0.1, 0.15) is 5.56 Å². The van der Waals surface area contributed by atoms with Crippen molar-refractivity contribution in [3.63, 3.8) is 0 Å². The molecule has 4 nitrogen and oxygen atoms in total. The van der Waals surface area contributed by atoms with Gasteiger partial charge in [-0.05, 0) is 18.6 Å². The van der Waals surface area contributed by atoms with Gasteiger partial charge in [0.25, 0.3) is 0 Å². The van der Waals surface area contributed by atoms with Crippen LogP contribution < -0.4 is 11.1 Å². The van der Waals surface area contributed by atoms with Crippen LogP contribution in [-0.4, -0.2) is 11.0 Å². The minimum Gasteiger partial charge on any atom is -0.351 e. The Labute approximate surface area is 84.8 Å². The summed E-state index contributed by atoms with van der Waals surface area (Å²) in [5.41, 5.74) is 7.01. The van der Waals surface area contributed by atoms with Crippen molar-refractivity contribution in [1.82, 2.24) is 4.98 Å². The highest BCUT2D eigenvalue weighted by Gasteiger charge is 2.06. The Bertz CT molecular complexity index is 492. The van der Waals surface area contributed by atoms with E-state index in [4.69, 9.17) is 5.73 Å². The van der Waals surface area contributed by atoms with Crippen molar-refractivity contribution in [2.24, 2.45) is 5.73 Å². The Hall–Kier alpha value is -1.62. The molecule has 3 N–H and O–H groups in total. The smallest absolute Gasteiger partial charge is 0.318 e. The standard InChI is InChI=1S/C9H9N3OS/c1-5-3-2-4-6-7(5)11-9(14-6)12-8(10)13/h2-4H,1H3,(H3,10,11,12,13). The number of aryl methyl sites for hydroxylation is 1. The number of carbonyl (C=O) groups excluding carboxylic acids is 1. The number of benzene rings is 1. The Balaban J connectivity index is 2.51. The molecule has 0 saturated carbocycles. The molecule has 0 spiro atoms. The summed E-state index contributed by atoms with van der Waals surface area (Å²) in [4.78, 5) is 14.9. The lowest BCUT2D eigenvalue weighted by atomic mass is 10.2. The second kappa shape index (κ2) is 3.26. The Morgan fingerprint density at radius 1 is 1.57 bits per heavy atom. The first-order valence-electron chi connectivity index (χ1n) is 4.09. The van der Waals surface area contributed by atoms with E-state index in [2.05, 4.69) is 10.3 Å². The predicted molar refractivity (Wildman–Crippen MR) is 57.6 cm³/mol. The molecule has 0 unspecified atom stereocenters. The van der Waals surface area contributed by atoms with Gasteiger partial charge in [-0.25, -0.2) is 9.78 Å². The van der Waals surface area contributed by atoms with E-state index in [0.717, 1.165) is 15.8 Å². The first-order valence-corrected chi connectivity index (χ1v) is 4.91. The van der Waals surface area contributed by atoms with E-state index in [9.17, 15) is 4.79 Å². The number of rotatable bonds is 1. The summed E-state index contributed by atoms with van der Waals surface area (Å²) < 4.78 is 1.05. The van der Waals surface area contributed by atoms with Gasteiger partial charge in [-0.2, -0.15) is 0 Å². The van der Waals surface area contributed by atoms with Crippen molar-refractivity contribution in [1.29, 1.82) is 0 Å². The van der Waals surface area contributed by atoms with Crippen LogP contribution in [0, 0.1) is 6.92 Å². The van der Waals surface area contributed by atoms with Crippen molar-refractivity contribution in [3.8, 4) is 0 Å². The first kappa shape index (κ1) is 8.96. The second-order valence-corrected chi connectivity index (χ2v) is 3.96. The molecule has 0 aliphatic rings. The number of nitrogens with zero attached hydrogens (tertiary/aromatic N) is 1. The summed E-state index contributed by atoms with van der Waals surface area (Å²) in [5, 5.41) is 3.01. The number of hydrogen-bond acceptors (Lipinski definition) is 3. The van der Waals surface area contributed by atoms with Crippen molar-refractivity contribution < 1.29 is 4.79 Å². The molecular formula is C9H9N3OS. The number of anilines is 1. The molecular weight excluding hydrogens is 198 g/mol. The average Bonchev–Trinajstić information content (AvgIpc) is 2.47. The van der Waals surface area contributed by atoms with Crippen molar-refractivity contribution in [3.05, 3.63) is 23.8 Å². The van der Waals surface area contributed by atoms with Crippen LogP contribution in [0.3, 0.4) is 0 Å². The number of amides is 2. The number of primary amides is 1. The summed E-state index contributed by atoms with van der Waals surface area (Å²) in [7, 11) is 0. The van der Waals surface area contributed by atoms with Crippen LogP contribution in [0.15, 0.2) is 18.2 Å². The number of thiazole rings is 1. The molecule has 0 fully saturated rings. The fourth-order valence-electron chi connectivity index (χ4n) is 1.25. The number of nitrogens with two attached hydrogens (primary N) is 1. The van der Waals surface area contributed by atoms with Gasteiger partial charge < -0.3 is 5.73 Å². The number of urea groups is 1. The lowest BCUT2D eigenvalue weighted by molar-refractivity contribution is 0.259. The SMILES string of the molecule is Cc1cccc2sc(NC(N)=O)nc12. The summed E-state index contributed by atoms with van der Waals surface area (Å²) in [6.45, 7) is 1.98. The van der Waals surface area contributed by atoms with Gasteiger partial charge in [0.05, 0.1) is 10.2 Å². The summed E-state index contributed by atoms with van der Waals surface area (Å²) in [6, 6.07) is 5.33. The molecule has 72 valence electrons. The molecule has 14 heavy (non-hydrogen) atoms. The van der Waals surface area contributed by atoms with Gasteiger partial charge in [-0.1, -0.05) is 23.5 Å². The maximum Gasteiger partial charge on any atom is 0.318 e. The summed E-state index contributed by atoms with van der Waals surface area (Å²) in [5.74, 6) is 0. The molecule has 0 aliphatic carbocycles. The van der Waals surface area contributed by atoms with Gasteiger partial charge in [0.15, 0.2) is 5.13 Å². The van der Waals surface area contributed by atoms with Gasteiger partial charge in [0.2, 0.25) is 0 Å². The minimum atomic E-state index is -0.582. The van der Waals surface area contributed by atoms with E-state index in [1.165, 1.54) is 11.3 Å². The second-order valence-electron chi connectivity index (χ2n) is 2.93. The first-order chi connectivity index (χ1) is 6.66. The fraction of sp³-hybridized carbons (Fsp3) is 0.111. The van der Waals surface area contributed by atoms with Crippen LogP contribution >= 0.6 is 11.3 Å². The molecule has 0 radical (unpaired) electrons. The number of hydrogen-bond donors (Lipinski definition) is 2. The van der Waals surface area contributed by atoms with Crippen LogP contribution in [0.5, 0.6) is 0 Å². The Morgan fingerprint density at radius 2 is 2.36 bits per heavy atom. The minimum absolute atomic E-state index is 0.543. The van der Waals surface area contributed by atoms with Gasteiger partial charge >= 0.3 is 6.03 Å². The van der Waals surface area contributed by atoms with Gasteiger partial charge in [0, 0.05) is 0 Å². The molecule has 0 saturated heterocycles. The monoisotopic (exact) mass is 207 g/mol. The van der Waals surface area contributed by atoms with Gasteiger partial charge in [0.1, 0.15) is 0 Å². The number of fused-ring (bicyclic) bond motifs is 1. The lowest BCUT2D eigenvalue weighted by Crippen LogP contribution is -2.18. The number of nitrogens with one attached hydrogen (secondary N) is 1. The highest BCUT2D eigenvalue weighted by Crippen LogP contribution is 2.27. The molecule has 1 aromatic carbocycles. The zero-order valence-electron chi connectivity index (χ0n) is 7.57. The van der Waals surface area contributed by atoms with Crippen molar-refractivity contribution in [2.75, 3.05) is 5.32 Å². The lowest BCUT2D eigenvalue weighted by Gasteiger charge is -1.92. The quantitative estimate of drug-likeness (QED) is 0.751. The molecule has 2 aromatic rings. The van der Waals surface area contributed by atoms with Crippen molar-refractivity contribution in [2.45, 2.75) is 6.92 Å². The maximum atomic E-state index is 10.6. The molecule has 0 bridgehead atoms. The van der Waals surface area contributed by atoms with Crippen LogP contribution in [0.2, 0.25) is 0 Å². The third kappa shape index (κ3) is 1.54. The topological polar surface area (TPSA) is 68.0 Å². The molecule has 2 amide bonds. The Kier molecular flexibility index (Phi) is 2.09. The number of para-hydroxylation sites is 1. The van der Waals surface area contributed by atoms with Gasteiger partial charge in [-0.15, -0.1) is 0 Å². The molecule has 2 rings (SSSR count). The third-order valence-corrected chi connectivity index (χ3v) is 2.79. The van der Waals surface area contributed by atoms with E-state index < -0.39 is 6.03 Å². The highest BCUT2D eigenvalue weighted by molar-refractivity contribution is 7.22. The zero-order valence-corrected chi connectivity index (χ0v) is 8.39. The predicted octanol–water partition coefficient (Wildman–Crippen LogP) is 2.10. The normalized spacial score (nSPS) is 10.4. The summed E-state index contributed by atoms with van der Waals surface area (Å²) >= 11 is 1.42. The van der Waals surface area contributed by atoms with Crippen molar-refractivity contribution >= 4 is 32.7 Å².